The molecule has 4 nitrogen and oxygen atoms in total. The zero-order chi connectivity index (χ0) is 12.7. The lowest BCUT2D eigenvalue weighted by Crippen LogP contribution is -2.35. The summed E-state index contributed by atoms with van der Waals surface area (Å²) in [5, 5.41) is 18.8. The van der Waals surface area contributed by atoms with Crippen molar-refractivity contribution in [2.75, 3.05) is 19.8 Å². The van der Waals surface area contributed by atoms with Gasteiger partial charge in [-0.05, 0) is 12.3 Å². The average Bonchev–Trinajstić information content (AvgIpc) is 2.70. The highest BCUT2D eigenvalue weighted by atomic mass is 16.6. The molecule has 0 saturated carbocycles. The Labute approximate surface area is 104 Å². The predicted molar refractivity (Wildman–Crippen MR) is 65.9 cm³/mol. The van der Waals surface area contributed by atoms with Crippen molar-refractivity contribution in [1.82, 2.24) is 0 Å². The van der Waals surface area contributed by atoms with Crippen molar-refractivity contribution in [3.8, 4) is 0 Å². The van der Waals surface area contributed by atoms with Crippen LogP contribution in [0.15, 0.2) is 0 Å². The van der Waals surface area contributed by atoms with Gasteiger partial charge in [-0.3, -0.25) is 0 Å². The van der Waals surface area contributed by atoms with Gasteiger partial charge in [0.1, 0.15) is 18.3 Å². The van der Waals surface area contributed by atoms with E-state index in [0.717, 1.165) is 6.42 Å². The molecule has 4 atom stereocenters. The highest BCUT2D eigenvalue weighted by Gasteiger charge is 2.36. The van der Waals surface area contributed by atoms with Gasteiger partial charge in [-0.15, -0.1) is 0 Å². The molecule has 2 N–H and O–H groups in total. The number of hydrogen-bond donors (Lipinski definition) is 2. The lowest BCUT2D eigenvalue weighted by Gasteiger charge is -2.20. The molecule has 1 rings (SSSR count). The average molecular weight is 246 g/mol. The maximum atomic E-state index is 9.80. The maximum Gasteiger partial charge on any atom is 0.111 e. The summed E-state index contributed by atoms with van der Waals surface area (Å²) in [6.45, 7) is 5.28. The van der Waals surface area contributed by atoms with E-state index in [0.29, 0.717) is 19.1 Å². The van der Waals surface area contributed by atoms with Crippen LogP contribution in [-0.4, -0.2) is 48.3 Å². The van der Waals surface area contributed by atoms with Crippen molar-refractivity contribution in [2.24, 2.45) is 5.92 Å². The van der Waals surface area contributed by atoms with E-state index in [-0.39, 0.29) is 12.7 Å². The minimum Gasteiger partial charge on any atom is -0.394 e. The molecule has 1 aliphatic rings. The first-order valence-corrected chi connectivity index (χ1v) is 6.75. The number of aliphatic hydroxyl groups is 2. The van der Waals surface area contributed by atoms with Gasteiger partial charge in [0.15, 0.2) is 0 Å². The molecule has 17 heavy (non-hydrogen) atoms. The van der Waals surface area contributed by atoms with Crippen LogP contribution in [0, 0.1) is 5.92 Å². The van der Waals surface area contributed by atoms with Crippen molar-refractivity contribution in [3.63, 3.8) is 0 Å². The summed E-state index contributed by atoms with van der Waals surface area (Å²) < 4.78 is 11.0. The summed E-state index contributed by atoms with van der Waals surface area (Å²) in [5.74, 6) is 0.565. The molecule has 0 radical (unpaired) electrons. The van der Waals surface area contributed by atoms with E-state index in [1.807, 2.05) is 0 Å². The molecule has 0 spiro atoms. The summed E-state index contributed by atoms with van der Waals surface area (Å²) in [6.07, 6.45) is 3.28. The molecule has 1 fully saturated rings. The normalized spacial score (nSPS) is 30.7. The summed E-state index contributed by atoms with van der Waals surface area (Å²) in [7, 11) is 0. The molecule has 0 aliphatic carbocycles. The van der Waals surface area contributed by atoms with Gasteiger partial charge in [0.2, 0.25) is 0 Å². The van der Waals surface area contributed by atoms with Crippen LogP contribution in [-0.2, 0) is 9.47 Å². The lowest BCUT2D eigenvalue weighted by molar-refractivity contribution is -0.0386. The number of hydrogen-bond acceptors (Lipinski definition) is 4. The molecule has 0 aromatic carbocycles. The van der Waals surface area contributed by atoms with Crippen LogP contribution < -0.4 is 0 Å². The first kappa shape index (κ1) is 14.9. The van der Waals surface area contributed by atoms with E-state index in [1.165, 1.54) is 19.3 Å². The van der Waals surface area contributed by atoms with Crippen LogP contribution in [0.3, 0.4) is 0 Å². The van der Waals surface area contributed by atoms with Crippen LogP contribution >= 0.6 is 0 Å². The molecule has 1 saturated heterocycles. The third-order valence-corrected chi connectivity index (χ3v) is 3.51. The molecule has 1 aliphatic heterocycles. The topological polar surface area (TPSA) is 58.9 Å². The number of rotatable bonds is 8. The van der Waals surface area contributed by atoms with E-state index in [2.05, 4.69) is 13.8 Å². The summed E-state index contributed by atoms with van der Waals surface area (Å²) >= 11 is 0. The first-order chi connectivity index (χ1) is 8.22. The Balaban J connectivity index is 2.25. The van der Waals surface area contributed by atoms with Gasteiger partial charge in [0.25, 0.3) is 0 Å². The second-order valence-corrected chi connectivity index (χ2v) is 4.83. The van der Waals surface area contributed by atoms with Gasteiger partial charge >= 0.3 is 0 Å². The third-order valence-electron chi connectivity index (χ3n) is 3.51. The van der Waals surface area contributed by atoms with Crippen molar-refractivity contribution >= 4 is 0 Å². The van der Waals surface area contributed by atoms with Gasteiger partial charge < -0.3 is 19.7 Å². The SMILES string of the molecule is CCCCC(CC)CO[C@@H]1COC(CO)C1O. The molecule has 4 heteroatoms. The predicted octanol–water partition coefficient (Wildman–Crippen LogP) is 1.34. The molecule has 102 valence electrons. The van der Waals surface area contributed by atoms with Crippen molar-refractivity contribution in [1.29, 1.82) is 0 Å². The molecular weight excluding hydrogens is 220 g/mol. The largest absolute Gasteiger partial charge is 0.394 e. The Hall–Kier alpha value is -0.160. The van der Waals surface area contributed by atoms with Crippen molar-refractivity contribution < 1.29 is 19.7 Å². The summed E-state index contributed by atoms with van der Waals surface area (Å²) in [5.41, 5.74) is 0. The highest BCUT2D eigenvalue weighted by Crippen LogP contribution is 2.20. The van der Waals surface area contributed by atoms with Crippen LogP contribution in [0.25, 0.3) is 0 Å². The van der Waals surface area contributed by atoms with E-state index < -0.39 is 12.2 Å². The van der Waals surface area contributed by atoms with E-state index in [4.69, 9.17) is 14.6 Å². The van der Waals surface area contributed by atoms with Crippen molar-refractivity contribution in [2.45, 2.75) is 57.8 Å². The number of unbranched alkanes of at least 4 members (excludes halogenated alkanes) is 1. The van der Waals surface area contributed by atoms with Gasteiger partial charge in [-0.25, -0.2) is 0 Å². The summed E-state index contributed by atoms with van der Waals surface area (Å²) in [6, 6.07) is 0. The molecule has 0 amide bonds. The van der Waals surface area contributed by atoms with E-state index in [9.17, 15) is 5.11 Å². The quantitative estimate of drug-likeness (QED) is 0.678. The lowest BCUT2D eigenvalue weighted by atomic mass is 10.0. The standard InChI is InChI=1S/C13H26O4/c1-3-5-6-10(4-2)8-16-12-9-17-11(7-14)13(12)15/h10-15H,3-9H2,1-2H3/t10?,11?,12-,13?/m1/s1. The zero-order valence-corrected chi connectivity index (χ0v) is 11.0. The Kier molecular flexibility index (Phi) is 7.04. The molecular formula is C13H26O4. The van der Waals surface area contributed by atoms with Crippen molar-refractivity contribution in [3.05, 3.63) is 0 Å². The van der Waals surface area contributed by atoms with Gasteiger partial charge in [-0.1, -0.05) is 33.1 Å². The first-order valence-electron chi connectivity index (χ1n) is 6.75. The van der Waals surface area contributed by atoms with E-state index in [1.54, 1.807) is 0 Å². The Morgan fingerprint density at radius 3 is 2.71 bits per heavy atom. The van der Waals surface area contributed by atoms with Crippen LogP contribution in [0.2, 0.25) is 0 Å². The monoisotopic (exact) mass is 246 g/mol. The maximum absolute atomic E-state index is 9.80. The molecule has 3 unspecified atom stereocenters. The smallest absolute Gasteiger partial charge is 0.111 e. The molecule has 0 bridgehead atoms. The fourth-order valence-electron chi connectivity index (χ4n) is 2.12. The Morgan fingerprint density at radius 1 is 1.41 bits per heavy atom. The molecule has 1 heterocycles. The zero-order valence-electron chi connectivity index (χ0n) is 11.0. The Bertz CT molecular complexity index is 198. The minimum atomic E-state index is -0.691. The molecule has 0 aromatic rings. The van der Waals surface area contributed by atoms with Gasteiger partial charge in [-0.2, -0.15) is 0 Å². The van der Waals surface area contributed by atoms with Crippen LogP contribution in [0.5, 0.6) is 0 Å². The number of aliphatic hydroxyl groups excluding tert-OH is 2. The fraction of sp³-hybridized carbons (Fsp3) is 1.00. The molecule has 0 aromatic heterocycles. The minimum absolute atomic E-state index is 0.145. The highest BCUT2D eigenvalue weighted by molar-refractivity contribution is 4.84. The summed E-state index contributed by atoms with van der Waals surface area (Å²) in [4.78, 5) is 0. The van der Waals surface area contributed by atoms with Gasteiger partial charge in [0, 0.05) is 0 Å². The second-order valence-electron chi connectivity index (χ2n) is 4.83. The fourth-order valence-corrected chi connectivity index (χ4v) is 2.12. The van der Waals surface area contributed by atoms with E-state index >= 15 is 0 Å². The third kappa shape index (κ3) is 4.54. The Morgan fingerprint density at radius 2 is 2.18 bits per heavy atom. The van der Waals surface area contributed by atoms with Crippen LogP contribution in [0.4, 0.5) is 0 Å². The van der Waals surface area contributed by atoms with Crippen LogP contribution in [0.1, 0.15) is 39.5 Å². The second kappa shape index (κ2) is 8.03. The van der Waals surface area contributed by atoms with Gasteiger partial charge in [0.05, 0.1) is 19.8 Å². The number of ether oxygens (including phenoxy) is 2.